The molecule has 0 aliphatic heterocycles. The summed E-state index contributed by atoms with van der Waals surface area (Å²) < 4.78 is 0. The Kier molecular flexibility index (Phi) is 8.48. The lowest BCUT2D eigenvalue weighted by atomic mass is 10.1. The molecule has 0 unspecified atom stereocenters. The molecule has 3 N–H and O–H groups in total. The van der Waals surface area contributed by atoms with Crippen molar-refractivity contribution in [1.29, 1.82) is 0 Å². The number of nitrogens with one attached hydrogen (secondary N) is 1. The maximum Gasteiger partial charge on any atom is 0.282 e. The second-order valence-corrected chi connectivity index (χ2v) is 9.74. The molecule has 0 amide bonds. The molecule has 3 aromatic carbocycles. The second-order valence-electron chi connectivity index (χ2n) is 7.11. The van der Waals surface area contributed by atoms with E-state index in [2.05, 4.69) is 17.9 Å². The van der Waals surface area contributed by atoms with Crippen molar-refractivity contribution < 1.29 is 9.85 Å². The van der Waals surface area contributed by atoms with Gasteiger partial charge in [-0.05, 0) is 54.8 Å². The number of anilines is 2. The summed E-state index contributed by atoms with van der Waals surface area (Å²) in [6, 6.07) is 15.5. The van der Waals surface area contributed by atoms with E-state index in [-0.39, 0.29) is 16.3 Å². The van der Waals surface area contributed by atoms with Gasteiger partial charge in [0.05, 0.1) is 25.5 Å². The summed E-state index contributed by atoms with van der Waals surface area (Å²) in [6.07, 6.45) is 0.753. The van der Waals surface area contributed by atoms with Crippen LogP contribution in [0, 0.1) is 27.2 Å². The van der Waals surface area contributed by atoms with Crippen LogP contribution in [-0.2, 0) is 6.42 Å². The number of rotatable bonds is 10. The summed E-state index contributed by atoms with van der Waals surface area (Å²) in [6.45, 7) is 2.04. The van der Waals surface area contributed by atoms with E-state index in [1.165, 1.54) is 23.9 Å². The van der Waals surface area contributed by atoms with Crippen molar-refractivity contribution in [2.45, 2.75) is 28.0 Å². The molecule has 0 saturated heterocycles. The molecule has 0 aliphatic rings. The summed E-state index contributed by atoms with van der Waals surface area (Å²) in [5.74, 6) is 1.17. The molecule has 0 aromatic heterocycles. The van der Waals surface area contributed by atoms with E-state index in [1.807, 2.05) is 31.2 Å². The Morgan fingerprint density at radius 2 is 1.67 bits per heavy atom. The average Bonchev–Trinajstić information content (AvgIpc) is 2.76. The molecule has 3 rings (SSSR count). The van der Waals surface area contributed by atoms with Crippen LogP contribution in [0.15, 0.2) is 69.3 Å². The molecule has 0 saturated carbocycles. The first kappa shape index (κ1) is 24.7. The number of thioether (sulfide) groups is 2. The lowest BCUT2D eigenvalue weighted by Gasteiger charge is -2.10. The molecule has 0 atom stereocenters. The molecule has 3 aromatic rings. The monoisotopic (exact) mass is 502 g/mol. The third-order valence-electron chi connectivity index (χ3n) is 4.76. The molecule has 0 spiro atoms. The number of hydrogen-bond acceptors (Lipinski definition) is 9. The van der Waals surface area contributed by atoms with Crippen molar-refractivity contribution in [1.82, 2.24) is 0 Å². The highest BCUT2D eigenvalue weighted by molar-refractivity contribution is 7.99. The summed E-state index contributed by atoms with van der Waals surface area (Å²) in [4.78, 5) is 23.4. The fraction of sp³-hybridized carbons (Fsp3) is 0.182. The van der Waals surface area contributed by atoms with Crippen molar-refractivity contribution in [2.75, 3.05) is 22.7 Å². The van der Waals surface area contributed by atoms with Crippen molar-refractivity contribution in [3.05, 3.63) is 86.0 Å². The number of nitro groups is 2. The van der Waals surface area contributed by atoms with Gasteiger partial charge in [-0.3, -0.25) is 20.2 Å². The zero-order valence-corrected chi connectivity index (χ0v) is 20.2. The predicted octanol–water partition coefficient (Wildman–Crippen LogP) is 6.18. The summed E-state index contributed by atoms with van der Waals surface area (Å²) in [5, 5.41) is 25.5. The molecule has 172 valence electrons. The van der Waals surface area contributed by atoms with Gasteiger partial charge in [0, 0.05) is 34.2 Å². The molecule has 0 fully saturated rings. The van der Waals surface area contributed by atoms with Crippen LogP contribution in [0.4, 0.5) is 22.7 Å². The Morgan fingerprint density at radius 3 is 2.36 bits per heavy atom. The van der Waals surface area contributed by atoms with Gasteiger partial charge in [-0.1, -0.05) is 23.9 Å². The molecule has 0 radical (unpaired) electrons. The molecule has 0 bridgehead atoms. The number of hydrogen-bond donors (Lipinski definition) is 3. The molecule has 33 heavy (non-hydrogen) atoms. The van der Waals surface area contributed by atoms with E-state index in [0.29, 0.717) is 16.5 Å². The zero-order chi connectivity index (χ0) is 24.0. The minimum atomic E-state index is -0.498. The molecule has 8 nitrogen and oxygen atoms in total. The van der Waals surface area contributed by atoms with Gasteiger partial charge in [-0.15, -0.1) is 24.4 Å². The highest BCUT2D eigenvalue weighted by Gasteiger charge is 2.15. The van der Waals surface area contributed by atoms with Gasteiger partial charge in [0.1, 0.15) is 0 Å². The van der Waals surface area contributed by atoms with E-state index in [0.717, 1.165) is 33.9 Å². The van der Waals surface area contributed by atoms with E-state index < -0.39 is 9.85 Å². The number of thiol groups is 1. The van der Waals surface area contributed by atoms with Crippen LogP contribution in [0.25, 0.3) is 0 Å². The van der Waals surface area contributed by atoms with Crippen LogP contribution in [-0.4, -0.2) is 21.5 Å². The maximum absolute atomic E-state index is 11.5. The van der Waals surface area contributed by atoms with E-state index in [9.17, 15) is 20.2 Å². The minimum absolute atomic E-state index is 0.0449. The normalized spacial score (nSPS) is 10.7. The molecule has 0 heterocycles. The first-order valence-corrected chi connectivity index (χ1v) is 12.3. The third-order valence-corrected chi connectivity index (χ3v) is 7.20. The quantitative estimate of drug-likeness (QED) is 0.0750. The fourth-order valence-corrected chi connectivity index (χ4v) is 5.30. The summed E-state index contributed by atoms with van der Waals surface area (Å²) in [7, 11) is 0. The first-order chi connectivity index (χ1) is 15.7. The number of nitrogens with zero attached hydrogens (tertiary/aromatic N) is 2. The summed E-state index contributed by atoms with van der Waals surface area (Å²) >= 11 is 7.14. The molecular formula is C22H22N4O4S3. The topological polar surface area (TPSA) is 124 Å². The van der Waals surface area contributed by atoms with Crippen molar-refractivity contribution in [2.24, 2.45) is 0 Å². The van der Waals surface area contributed by atoms with Crippen molar-refractivity contribution >= 4 is 58.9 Å². The van der Waals surface area contributed by atoms with Crippen LogP contribution in [0.1, 0.15) is 11.1 Å². The van der Waals surface area contributed by atoms with Crippen LogP contribution < -0.4 is 11.1 Å². The van der Waals surface area contributed by atoms with Crippen molar-refractivity contribution in [3.63, 3.8) is 0 Å². The highest BCUT2D eigenvalue weighted by atomic mass is 32.2. The van der Waals surface area contributed by atoms with Gasteiger partial charge in [0.15, 0.2) is 0 Å². The number of nitrogen functional groups attached to an aromatic ring is 1. The molecule has 0 aliphatic carbocycles. The smallest absolute Gasteiger partial charge is 0.282 e. The minimum Gasteiger partial charge on any atom is -0.399 e. The van der Waals surface area contributed by atoms with E-state index in [1.54, 1.807) is 30.0 Å². The SMILES string of the molecule is Cc1ccc(N)cc1SCCc1ccc([N+](=O)[O-])c(SCNc2ccc([N+](=O)[O-])c(S)c2)c1. The van der Waals surface area contributed by atoms with Gasteiger partial charge in [0.2, 0.25) is 0 Å². The summed E-state index contributed by atoms with van der Waals surface area (Å²) in [5.41, 5.74) is 9.38. The Balaban J connectivity index is 1.63. The second kappa shape index (κ2) is 11.3. The zero-order valence-electron chi connectivity index (χ0n) is 17.7. The molecule has 11 heteroatoms. The standard InChI is InChI=1S/C22H22N4O4S3/c1-14-2-4-16(23)11-21(14)32-9-8-15-3-6-19(26(29)30)22(10-15)33-13-24-17-5-7-18(25(27)28)20(31)12-17/h2-7,10-12,24,31H,8-9,13,23H2,1H3. The largest absolute Gasteiger partial charge is 0.399 e. The van der Waals surface area contributed by atoms with Crippen molar-refractivity contribution in [3.8, 4) is 0 Å². The number of benzene rings is 3. The van der Waals surface area contributed by atoms with Crippen LogP contribution >= 0.6 is 36.2 Å². The lowest BCUT2D eigenvalue weighted by Crippen LogP contribution is -2.00. The van der Waals surface area contributed by atoms with Gasteiger partial charge < -0.3 is 11.1 Å². The van der Waals surface area contributed by atoms with Crippen LogP contribution in [0.2, 0.25) is 0 Å². The Bertz CT molecular complexity index is 1190. The van der Waals surface area contributed by atoms with Gasteiger partial charge in [-0.25, -0.2) is 0 Å². The van der Waals surface area contributed by atoms with Gasteiger partial charge in [0.25, 0.3) is 11.4 Å². The van der Waals surface area contributed by atoms with Gasteiger partial charge >= 0.3 is 0 Å². The van der Waals surface area contributed by atoms with Gasteiger partial charge in [-0.2, -0.15) is 0 Å². The van der Waals surface area contributed by atoms with E-state index >= 15 is 0 Å². The molecular weight excluding hydrogens is 480 g/mol. The Labute approximate surface area is 205 Å². The Hall–Kier alpha value is -2.89. The fourth-order valence-electron chi connectivity index (χ4n) is 3.02. The highest BCUT2D eigenvalue weighted by Crippen LogP contribution is 2.32. The van der Waals surface area contributed by atoms with E-state index in [4.69, 9.17) is 5.73 Å². The average molecular weight is 503 g/mol. The predicted molar refractivity (Wildman–Crippen MR) is 138 cm³/mol. The number of nitro benzene ring substituents is 2. The third kappa shape index (κ3) is 6.80. The van der Waals surface area contributed by atoms with Crippen LogP contribution in [0.5, 0.6) is 0 Å². The lowest BCUT2D eigenvalue weighted by molar-refractivity contribution is -0.387. The first-order valence-electron chi connectivity index (χ1n) is 9.85. The number of aryl methyl sites for hydroxylation is 2. The van der Waals surface area contributed by atoms with Crippen LogP contribution in [0.3, 0.4) is 0 Å². The number of nitrogens with two attached hydrogens (primary N) is 1. The maximum atomic E-state index is 11.5. The Morgan fingerprint density at radius 1 is 0.939 bits per heavy atom.